The molecule has 1 fully saturated rings. The number of nitrogens with one attached hydrogen (secondary N) is 2. The highest BCUT2D eigenvalue weighted by molar-refractivity contribution is 7.89. The molecule has 1 aromatic rings. The number of piperidine rings is 1. The van der Waals surface area contributed by atoms with Gasteiger partial charge in [-0.25, -0.2) is 13.1 Å². The normalized spacial score (nSPS) is 19.4. The van der Waals surface area contributed by atoms with Gasteiger partial charge in [0.25, 0.3) is 0 Å². The number of rotatable bonds is 4. The lowest BCUT2D eigenvalue weighted by atomic mass is 10.1. The summed E-state index contributed by atoms with van der Waals surface area (Å²) >= 11 is 0. The fourth-order valence-corrected chi connectivity index (χ4v) is 3.32. The minimum atomic E-state index is -3.69. The van der Waals surface area contributed by atoms with Gasteiger partial charge >= 0.3 is 0 Å². The fraction of sp³-hybridized carbons (Fsp3) is 0.385. The number of hydrogen-bond acceptors (Lipinski definition) is 4. The molecule has 0 aromatic heterocycles. The smallest absolute Gasteiger partial charge is 0.240 e. The molecule has 6 nitrogen and oxygen atoms in total. The molecule has 2 rings (SSSR count). The molecule has 1 saturated heterocycles. The molecule has 1 aliphatic rings. The van der Waals surface area contributed by atoms with Gasteiger partial charge in [-0.05, 0) is 25.5 Å². The van der Waals surface area contributed by atoms with E-state index >= 15 is 0 Å². The molecular formula is C13H16N2O4S. The van der Waals surface area contributed by atoms with Gasteiger partial charge < -0.3 is 5.32 Å². The Morgan fingerprint density at radius 2 is 2.15 bits per heavy atom. The summed E-state index contributed by atoms with van der Waals surface area (Å²) in [4.78, 5) is 22.4. The second-order valence-corrected chi connectivity index (χ2v) is 6.46. The van der Waals surface area contributed by atoms with Crippen LogP contribution < -0.4 is 10.0 Å². The summed E-state index contributed by atoms with van der Waals surface area (Å²) in [6.07, 6.45) is 0.776. The molecule has 108 valence electrons. The molecule has 1 amide bonds. The van der Waals surface area contributed by atoms with E-state index in [2.05, 4.69) is 10.0 Å². The van der Waals surface area contributed by atoms with Crippen LogP contribution in [0.4, 0.5) is 0 Å². The van der Waals surface area contributed by atoms with E-state index in [0.29, 0.717) is 18.4 Å². The van der Waals surface area contributed by atoms with Crippen molar-refractivity contribution < 1.29 is 18.0 Å². The van der Waals surface area contributed by atoms with Crippen molar-refractivity contribution in [3.05, 3.63) is 29.8 Å². The van der Waals surface area contributed by atoms with Crippen LogP contribution >= 0.6 is 0 Å². The quantitative estimate of drug-likeness (QED) is 0.789. The zero-order chi connectivity index (χ0) is 14.8. The van der Waals surface area contributed by atoms with Crippen LogP contribution in [0.15, 0.2) is 29.2 Å². The average molecular weight is 296 g/mol. The van der Waals surface area contributed by atoms with E-state index in [1.807, 2.05) is 0 Å². The number of ketones is 1. The predicted molar refractivity (Wildman–Crippen MR) is 72.8 cm³/mol. The van der Waals surface area contributed by atoms with E-state index in [9.17, 15) is 18.0 Å². The maximum absolute atomic E-state index is 12.2. The van der Waals surface area contributed by atoms with Gasteiger partial charge in [0.1, 0.15) is 0 Å². The number of Topliss-reactive ketones (excluding diaryl/α,β-unsaturated/α-hetero) is 1. The molecule has 1 aliphatic heterocycles. The Bertz CT molecular complexity index is 630. The molecule has 0 spiro atoms. The minimum absolute atomic E-state index is 0.0575. The van der Waals surface area contributed by atoms with Crippen molar-refractivity contribution in [3.8, 4) is 0 Å². The fourth-order valence-electron chi connectivity index (χ4n) is 2.00. The molecule has 0 radical (unpaired) electrons. The number of benzene rings is 1. The first-order valence-electron chi connectivity index (χ1n) is 6.28. The van der Waals surface area contributed by atoms with Gasteiger partial charge in [0, 0.05) is 24.6 Å². The number of carbonyl (C=O) groups excluding carboxylic acids is 2. The summed E-state index contributed by atoms with van der Waals surface area (Å²) in [5.74, 6) is -0.258. The number of hydrogen-bond donors (Lipinski definition) is 2. The molecule has 7 heteroatoms. The van der Waals surface area contributed by atoms with Crippen LogP contribution in [-0.4, -0.2) is 32.7 Å². The summed E-state index contributed by atoms with van der Waals surface area (Å²) in [6.45, 7) is 1.67. The molecule has 1 unspecified atom stereocenters. The maximum Gasteiger partial charge on any atom is 0.240 e. The number of carbonyl (C=O) groups is 2. The molecular weight excluding hydrogens is 280 g/mol. The van der Waals surface area contributed by atoms with Crippen molar-refractivity contribution in [2.75, 3.05) is 6.54 Å². The highest BCUT2D eigenvalue weighted by Gasteiger charge is 2.24. The highest BCUT2D eigenvalue weighted by atomic mass is 32.2. The van der Waals surface area contributed by atoms with Crippen molar-refractivity contribution in [2.45, 2.75) is 30.7 Å². The Balaban J connectivity index is 2.16. The second kappa shape index (κ2) is 5.72. The van der Waals surface area contributed by atoms with E-state index in [0.717, 1.165) is 0 Å². The lowest BCUT2D eigenvalue weighted by molar-refractivity contribution is -0.122. The van der Waals surface area contributed by atoms with Gasteiger partial charge in [0.15, 0.2) is 5.78 Å². The third kappa shape index (κ3) is 3.43. The predicted octanol–water partition coefficient (Wildman–Crippen LogP) is 0.446. The first-order valence-corrected chi connectivity index (χ1v) is 7.77. The molecule has 20 heavy (non-hydrogen) atoms. The van der Waals surface area contributed by atoms with E-state index in [-0.39, 0.29) is 29.2 Å². The first kappa shape index (κ1) is 14.7. The van der Waals surface area contributed by atoms with Crippen LogP contribution in [0.25, 0.3) is 0 Å². The van der Waals surface area contributed by atoms with Gasteiger partial charge in [0.2, 0.25) is 15.9 Å². The molecule has 0 bridgehead atoms. The molecule has 0 saturated carbocycles. The summed E-state index contributed by atoms with van der Waals surface area (Å²) < 4.78 is 27.0. The summed E-state index contributed by atoms with van der Waals surface area (Å²) in [5.41, 5.74) is 0.352. The third-order valence-electron chi connectivity index (χ3n) is 3.14. The van der Waals surface area contributed by atoms with E-state index in [4.69, 9.17) is 0 Å². The van der Waals surface area contributed by atoms with Gasteiger partial charge in [0.05, 0.1) is 4.90 Å². The zero-order valence-electron chi connectivity index (χ0n) is 11.0. The van der Waals surface area contributed by atoms with E-state index < -0.39 is 10.0 Å². The third-order valence-corrected chi connectivity index (χ3v) is 4.66. The van der Waals surface area contributed by atoms with E-state index in [1.165, 1.54) is 25.1 Å². The maximum atomic E-state index is 12.2. The van der Waals surface area contributed by atoms with Gasteiger partial charge in [-0.15, -0.1) is 0 Å². The Labute approximate surface area is 117 Å². The zero-order valence-corrected chi connectivity index (χ0v) is 11.9. The largest absolute Gasteiger partial charge is 0.355 e. The van der Waals surface area contributed by atoms with Crippen molar-refractivity contribution in [1.82, 2.24) is 10.0 Å². The van der Waals surface area contributed by atoms with Crippen LogP contribution in [0.2, 0.25) is 0 Å². The van der Waals surface area contributed by atoms with Crippen molar-refractivity contribution in [2.24, 2.45) is 0 Å². The lowest BCUT2D eigenvalue weighted by Gasteiger charge is -2.23. The number of amides is 1. The minimum Gasteiger partial charge on any atom is -0.355 e. The van der Waals surface area contributed by atoms with Crippen molar-refractivity contribution in [3.63, 3.8) is 0 Å². The van der Waals surface area contributed by atoms with Crippen LogP contribution in [0.5, 0.6) is 0 Å². The molecule has 1 atom stereocenters. The molecule has 1 aromatic carbocycles. The molecule has 0 aliphatic carbocycles. The molecule has 2 N–H and O–H groups in total. The highest BCUT2D eigenvalue weighted by Crippen LogP contribution is 2.14. The average Bonchev–Trinajstić information content (AvgIpc) is 2.41. The van der Waals surface area contributed by atoms with Gasteiger partial charge in [-0.1, -0.05) is 12.1 Å². The topological polar surface area (TPSA) is 92.3 Å². The lowest BCUT2D eigenvalue weighted by Crippen LogP contribution is -2.47. The molecule has 1 heterocycles. The summed E-state index contributed by atoms with van der Waals surface area (Å²) in [5, 5.41) is 2.62. The van der Waals surface area contributed by atoms with Crippen molar-refractivity contribution >= 4 is 21.7 Å². The van der Waals surface area contributed by atoms with Crippen LogP contribution in [0, 0.1) is 0 Å². The summed E-state index contributed by atoms with van der Waals surface area (Å²) in [7, 11) is -3.69. The van der Waals surface area contributed by atoms with E-state index in [1.54, 1.807) is 6.07 Å². The standard InChI is InChI=1S/C13H16N2O4S/c1-9(16)10-3-2-4-12(7-10)20(18,19)15-11-5-6-13(17)14-8-11/h2-4,7,11,15H,5-6,8H2,1H3,(H,14,17). The van der Waals surface area contributed by atoms with Crippen molar-refractivity contribution in [1.29, 1.82) is 0 Å². The second-order valence-electron chi connectivity index (χ2n) is 4.74. The first-order chi connectivity index (χ1) is 9.38. The van der Waals surface area contributed by atoms with Crippen LogP contribution in [0.1, 0.15) is 30.1 Å². The Hall–Kier alpha value is -1.73. The summed E-state index contributed by atoms with van der Waals surface area (Å²) in [6, 6.07) is 5.58. The number of sulfonamides is 1. The van der Waals surface area contributed by atoms with Gasteiger partial charge in [-0.3, -0.25) is 9.59 Å². The van der Waals surface area contributed by atoms with Crippen LogP contribution in [0.3, 0.4) is 0 Å². The van der Waals surface area contributed by atoms with Crippen LogP contribution in [-0.2, 0) is 14.8 Å². The van der Waals surface area contributed by atoms with Gasteiger partial charge in [-0.2, -0.15) is 0 Å². The SMILES string of the molecule is CC(=O)c1cccc(S(=O)(=O)NC2CCC(=O)NC2)c1. The Morgan fingerprint density at radius 3 is 2.75 bits per heavy atom. The Morgan fingerprint density at radius 1 is 1.40 bits per heavy atom. The Kier molecular flexibility index (Phi) is 4.20. The monoisotopic (exact) mass is 296 g/mol.